The highest BCUT2D eigenvalue weighted by atomic mass is 16.2. The summed E-state index contributed by atoms with van der Waals surface area (Å²) in [4.78, 5) is 22.5. The van der Waals surface area contributed by atoms with Crippen LogP contribution in [-0.4, -0.2) is 51.7 Å². The first-order valence-corrected chi connectivity index (χ1v) is 11.9. The minimum Gasteiger partial charge on any atom is -0.396 e. The van der Waals surface area contributed by atoms with E-state index < -0.39 is 0 Å². The van der Waals surface area contributed by atoms with Crippen molar-refractivity contribution < 1.29 is 4.79 Å². The molecule has 32 heavy (non-hydrogen) atoms. The Morgan fingerprint density at radius 1 is 1.12 bits per heavy atom. The molecule has 166 valence electrons. The average Bonchev–Trinajstić information content (AvgIpc) is 3.66. The Balaban J connectivity index is 1.32. The number of rotatable bonds is 6. The molecule has 2 aromatic rings. The molecule has 6 rings (SSSR count). The monoisotopic (exact) mass is 430 g/mol. The number of carbonyl (C=O) groups is 1. The van der Waals surface area contributed by atoms with Gasteiger partial charge in [0.15, 0.2) is 5.82 Å². The SMILES string of the molecule is C=Cc1cc(-c2cc(N)c(N3CCN(C(=O)C4CC4)[C@H](C4CC4)C3)nc2C2CC2)cnn1. The zero-order valence-corrected chi connectivity index (χ0v) is 18.4. The van der Waals surface area contributed by atoms with E-state index >= 15 is 0 Å². The van der Waals surface area contributed by atoms with E-state index in [-0.39, 0.29) is 5.92 Å². The standard InChI is InChI=1S/C25H30N6O/c1-2-19-11-18(13-27-29-19)20-12-21(26)24(28-23(20)16-5-6-16)30-9-10-31(25(32)17-7-8-17)22(14-30)15-3-4-15/h2,11-13,15-17,22H,1,3-10,14,26H2/t22-/m0/s1. The average molecular weight is 431 g/mol. The highest BCUT2D eigenvalue weighted by molar-refractivity contribution is 5.82. The van der Waals surface area contributed by atoms with E-state index in [1.54, 1.807) is 12.3 Å². The fourth-order valence-corrected chi connectivity index (χ4v) is 5.04. The Labute approximate surface area is 188 Å². The van der Waals surface area contributed by atoms with Crippen molar-refractivity contribution in [3.63, 3.8) is 0 Å². The molecule has 3 heterocycles. The van der Waals surface area contributed by atoms with Gasteiger partial charge in [-0.05, 0) is 62.7 Å². The quantitative estimate of drug-likeness (QED) is 0.755. The molecule has 3 aliphatic carbocycles. The first-order chi connectivity index (χ1) is 15.6. The van der Waals surface area contributed by atoms with Gasteiger partial charge in [-0.3, -0.25) is 4.79 Å². The van der Waals surface area contributed by atoms with Crippen molar-refractivity contribution in [3.8, 4) is 11.1 Å². The fourth-order valence-electron chi connectivity index (χ4n) is 5.04. The molecule has 1 saturated heterocycles. The molecular weight excluding hydrogens is 400 g/mol. The third kappa shape index (κ3) is 3.63. The maximum Gasteiger partial charge on any atom is 0.226 e. The molecule has 1 atom stereocenters. The topological polar surface area (TPSA) is 88.2 Å². The van der Waals surface area contributed by atoms with Crippen molar-refractivity contribution in [2.24, 2.45) is 11.8 Å². The largest absolute Gasteiger partial charge is 0.396 e. The van der Waals surface area contributed by atoms with Crippen molar-refractivity contribution in [3.05, 3.63) is 36.3 Å². The van der Waals surface area contributed by atoms with Gasteiger partial charge in [-0.2, -0.15) is 10.2 Å². The number of aromatic nitrogens is 3. The van der Waals surface area contributed by atoms with Crippen LogP contribution in [0, 0.1) is 11.8 Å². The number of nitrogens with two attached hydrogens (primary N) is 1. The second-order valence-electron chi connectivity index (χ2n) is 9.84. The minimum absolute atomic E-state index is 0.279. The van der Waals surface area contributed by atoms with Crippen LogP contribution in [0.3, 0.4) is 0 Å². The highest BCUT2D eigenvalue weighted by Crippen LogP contribution is 2.46. The van der Waals surface area contributed by atoms with Crippen LogP contribution in [0.15, 0.2) is 24.9 Å². The molecule has 0 radical (unpaired) electrons. The molecule has 1 aliphatic heterocycles. The zero-order chi connectivity index (χ0) is 21.8. The summed E-state index contributed by atoms with van der Waals surface area (Å²) < 4.78 is 0. The Bertz CT molecular complexity index is 1070. The Hall–Kier alpha value is -2.96. The third-order valence-corrected chi connectivity index (χ3v) is 7.31. The molecule has 0 unspecified atom stereocenters. The van der Waals surface area contributed by atoms with E-state index in [0.29, 0.717) is 29.5 Å². The normalized spacial score (nSPS) is 23.3. The third-order valence-electron chi connectivity index (χ3n) is 7.31. The molecule has 0 aromatic carbocycles. The maximum absolute atomic E-state index is 12.9. The molecule has 2 N–H and O–H groups in total. The van der Waals surface area contributed by atoms with Crippen LogP contribution in [0.25, 0.3) is 17.2 Å². The summed E-state index contributed by atoms with van der Waals surface area (Å²) in [5, 5.41) is 8.23. The Kier molecular flexibility index (Phi) is 4.66. The van der Waals surface area contributed by atoms with Crippen LogP contribution < -0.4 is 10.6 Å². The van der Waals surface area contributed by atoms with Gasteiger partial charge < -0.3 is 15.5 Å². The van der Waals surface area contributed by atoms with Crippen LogP contribution in [-0.2, 0) is 4.79 Å². The molecule has 4 fully saturated rings. The van der Waals surface area contributed by atoms with Crippen LogP contribution in [0.4, 0.5) is 11.5 Å². The van der Waals surface area contributed by atoms with Gasteiger partial charge in [0.05, 0.1) is 29.3 Å². The van der Waals surface area contributed by atoms with Crippen molar-refractivity contribution >= 4 is 23.5 Å². The van der Waals surface area contributed by atoms with Gasteiger partial charge in [0.2, 0.25) is 5.91 Å². The van der Waals surface area contributed by atoms with Crippen molar-refractivity contribution in [2.75, 3.05) is 30.3 Å². The number of carbonyl (C=O) groups excluding carboxylic acids is 1. The first kappa shape index (κ1) is 19.7. The van der Waals surface area contributed by atoms with Crippen LogP contribution in [0.1, 0.15) is 55.8 Å². The van der Waals surface area contributed by atoms with Gasteiger partial charge in [0.1, 0.15) is 0 Å². The molecule has 1 amide bonds. The highest BCUT2D eigenvalue weighted by Gasteiger charge is 2.45. The summed E-state index contributed by atoms with van der Waals surface area (Å²) in [5.41, 5.74) is 11.2. The summed E-state index contributed by atoms with van der Waals surface area (Å²) in [7, 11) is 0. The Morgan fingerprint density at radius 3 is 2.62 bits per heavy atom. The number of nitrogen functional groups attached to an aromatic ring is 1. The van der Waals surface area contributed by atoms with Gasteiger partial charge in [0, 0.05) is 42.6 Å². The van der Waals surface area contributed by atoms with Crippen molar-refractivity contribution in [1.29, 1.82) is 0 Å². The molecule has 4 aliphatic rings. The summed E-state index contributed by atoms with van der Waals surface area (Å²) >= 11 is 0. The van der Waals surface area contributed by atoms with Gasteiger partial charge in [-0.15, -0.1) is 0 Å². The van der Waals surface area contributed by atoms with E-state index in [1.165, 1.54) is 12.8 Å². The maximum atomic E-state index is 12.9. The summed E-state index contributed by atoms with van der Waals surface area (Å²) in [5.74, 6) is 2.64. The summed E-state index contributed by atoms with van der Waals surface area (Å²) in [6, 6.07) is 4.35. The molecule has 7 heteroatoms. The molecule has 0 spiro atoms. The van der Waals surface area contributed by atoms with Crippen molar-refractivity contribution in [1.82, 2.24) is 20.1 Å². The van der Waals surface area contributed by atoms with Gasteiger partial charge in [-0.1, -0.05) is 6.58 Å². The van der Waals surface area contributed by atoms with Crippen molar-refractivity contribution in [2.45, 2.75) is 50.5 Å². The van der Waals surface area contributed by atoms with Crippen LogP contribution >= 0.6 is 0 Å². The lowest BCUT2D eigenvalue weighted by molar-refractivity contribution is -0.135. The first-order valence-electron chi connectivity index (χ1n) is 11.9. The van der Waals surface area contributed by atoms with E-state index in [1.807, 2.05) is 6.07 Å². The molecule has 3 saturated carbocycles. The zero-order valence-electron chi connectivity index (χ0n) is 18.4. The predicted octanol–water partition coefficient (Wildman–Crippen LogP) is 3.48. The second kappa shape index (κ2) is 7.57. The lowest BCUT2D eigenvalue weighted by Gasteiger charge is -2.43. The number of piperazine rings is 1. The van der Waals surface area contributed by atoms with Gasteiger partial charge in [0.25, 0.3) is 0 Å². The molecular formula is C25H30N6O. The van der Waals surface area contributed by atoms with E-state index in [9.17, 15) is 4.79 Å². The molecule has 0 bridgehead atoms. The number of amides is 1. The van der Waals surface area contributed by atoms with E-state index in [2.05, 4.69) is 32.6 Å². The van der Waals surface area contributed by atoms with E-state index in [4.69, 9.17) is 10.7 Å². The lowest BCUT2D eigenvalue weighted by atomic mass is 10.0. The lowest BCUT2D eigenvalue weighted by Crippen LogP contribution is -2.57. The predicted molar refractivity (Wildman–Crippen MR) is 125 cm³/mol. The second-order valence-corrected chi connectivity index (χ2v) is 9.84. The van der Waals surface area contributed by atoms with E-state index in [0.717, 1.165) is 73.7 Å². The fraction of sp³-hybridized carbons (Fsp3) is 0.520. The minimum atomic E-state index is 0.279. The number of hydrogen-bond acceptors (Lipinski definition) is 6. The van der Waals surface area contributed by atoms with Gasteiger partial charge in [-0.25, -0.2) is 4.98 Å². The van der Waals surface area contributed by atoms with Crippen LogP contribution in [0.2, 0.25) is 0 Å². The number of nitrogens with zero attached hydrogens (tertiary/aromatic N) is 5. The van der Waals surface area contributed by atoms with Gasteiger partial charge >= 0.3 is 0 Å². The molecule has 7 nitrogen and oxygen atoms in total. The smallest absolute Gasteiger partial charge is 0.226 e. The number of hydrogen-bond donors (Lipinski definition) is 1. The Morgan fingerprint density at radius 2 is 1.94 bits per heavy atom. The number of pyridine rings is 1. The summed E-state index contributed by atoms with van der Waals surface area (Å²) in [6.45, 7) is 6.21. The molecule has 2 aromatic heterocycles. The number of anilines is 2. The summed E-state index contributed by atoms with van der Waals surface area (Å²) in [6.07, 6.45) is 10.4. The van der Waals surface area contributed by atoms with Crippen LogP contribution in [0.5, 0.6) is 0 Å².